The minimum absolute atomic E-state index is 0.196. The quantitative estimate of drug-likeness (QED) is 0.492. The van der Waals surface area contributed by atoms with E-state index in [0.717, 1.165) is 41.0 Å². The standard InChI is InChI=1S/C27H25ClN2O3/c1-17-7-4-5-9-21(17)26(31)29-19-10-12-22(24(28)15-19)27(32)30-14-6-8-18(2)23-16-20(33-3)11-13-25(23)30/h4-5,7,9-13,15-16H,2,6,8,14H2,1,3H3,(H,29,31). The maximum Gasteiger partial charge on any atom is 0.259 e. The van der Waals surface area contributed by atoms with E-state index in [2.05, 4.69) is 11.9 Å². The molecule has 3 aromatic rings. The van der Waals surface area contributed by atoms with Gasteiger partial charge in [-0.25, -0.2) is 0 Å². The van der Waals surface area contributed by atoms with Crippen LogP contribution in [0.5, 0.6) is 5.75 Å². The summed E-state index contributed by atoms with van der Waals surface area (Å²) in [5.74, 6) is 0.297. The fourth-order valence-corrected chi connectivity index (χ4v) is 4.28. The summed E-state index contributed by atoms with van der Waals surface area (Å²) in [4.78, 5) is 27.8. The van der Waals surface area contributed by atoms with Crippen molar-refractivity contribution in [2.45, 2.75) is 19.8 Å². The molecule has 2 amide bonds. The average molecular weight is 461 g/mol. The fourth-order valence-electron chi connectivity index (χ4n) is 4.02. The summed E-state index contributed by atoms with van der Waals surface area (Å²) in [6.45, 7) is 6.62. The third-order valence-corrected chi connectivity index (χ3v) is 6.14. The minimum Gasteiger partial charge on any atom is -0.497 e. The van der Waals surface area contributed by atoms with E-state index < -0.39 is 0 Å². The van der Waals surface area contributed by atoms with Crippen LogP contribution >= 0.6 is 11.6 Å². The molecule has 0 aromatic heterocycles. The largest absolute Gasteiger partial charge is 0.497 e. The third-order valence-electron chi connectivity index (χ3n) is 5.83. The Labute approximate surface area is 198 Å². The molecule has 5 nitrogen and oxygen atoms in total. The number of ether oxygens (including phenoxy) is 1. The molecule has 0 atom stereocenters. The van der Waals surface area contributed by atoms with E-state index in [1.54, 1.807) is 36.3 Å². The second-order valence-corrected chi connectivity index (χ2v) is 8.42. The van der Waals surface area contributed by atoms with Gasteiger partial charge in [0.2, 0.25) is 0 Å². The van der Waals surface area contributed by atoms with Crippen LogP contribution in [0.1, 0.15) is 44.7 Å². The van der Waals surface area contributed by atoms with Crippen LogP contribution < -0.4 is 15.0 Å². The van der Waals surface area contributed by atoms with Crippen molar-refractivity contribution < 1.29 is 14.3 Å². The number of benzene rings is 3. The fraction of sp³-hybridized carbons (Fsp3) is 0.185. The molecule has 1 aliphatic heterocycles. The van der Waals surface area contributed by atoms with Gasteiger partial charge in [0.25, 0.3) is 11.8 Å². The van der Waals surface area contributed by atoms with Gasteiger partial charge in [0, 0.05) is 23.4 Å². The molecule has 4 rings (SSSR count). The van der Waals surface area contributed by atoms with Crippen molar-refractivity contribution in [2.75, 3.05) is 23.9 Å². The van der Waals surface area contributed by atoms with Gasteiger partial charge in [-0.3, -0.25) is 9.59 Å². The van der Waals surface area contributed by atoms with Crippen LogP contribution in [0.3, 0.4) is 0 Å². The Balaban J connectivity index is 1.60. The lowest BCUT2D eigenvalue weighted by molar-refractivity contribution is 0.0986. The highest BCUT2D eigenvalue weighted by Crippen LogP contribution is 2.37. The van der Waals surface area contributed by atoms with E-state index in [1.807, 2.05) is 43.3 Å². The van der Waals surface area contributed by atoms with Crippen molar-refractivity contribution in [1.29, 1.82) is 0 Å². The number of halogens is 1. The number of anilines is 2. The molecule has 33 heavy (non-hydrogen) atoms. The highest BCUT2D eigenvalue weighted by Gasteiger charge is 2.26. The normalized spacial score (nSPS) is 13.2. The Bertz CT molecular complexity index is 1250. The molecule has 0 spiro atoms. The zero-order valence-corrected chi connectivity index (χ0v) is 19.4. The van der Waals surface area contributed by atoms with E-state index in [1.165, 1.54) is 0 Å². The predicted molar refractivity (Wildman–Crippen MR) is 134 cm³/mol. The number of hydrogen-bond donors (Lipinski definition) is 1. The van der Waals surface area contributed by atoms with Crippen LogP contribution in [0.25, 0.3) is 5.57 Å². The van der Waals surface area contributed by atoms with Gasteiger partial charge in [-0.2, -0.15) is 0 Å². The lowest BCUT2D eigenvalue weighted by Crippen LogP contribution is -2.32. The summed E-state index contributed by atoms with van der Waals surface area (Å²) in [5.41, 5.74) is 5.03. The number of aryl methyl sites for hydroxylation is 1. The summed E-state index contributed by atoms with van der Waals surface area (Å²) in [6.07, 6.45) is 1.59. The third kappa shape index (κ3) is 4.64. The molecule has 0 saturated carbocycles. The number of allylic oxidation sites excluding steroid dienone is 1. The molecule has 0 radical (unpaired) electrons. The van der Waals surface area contributed by atoms with Gasteiger partial charge < -0.3 is 15.0 Å². The van der Waals surface area contributed by atoms with E-state index in [9.17, 15) is 9.59 Å². The van der Waals surface area contributed by atoms with Gasteiger partial charge in [0.15, 0.2) is 0 Å². The monoisotopic (exact) mass is 460 g/mol. The van der Waals surface area contributed by atoms with Crippen LogP contribution in [0.2, 0.25) is 5.02 Å². The van der Waals surface area contributed by atoms with E-state index in [0.29, 0.717) is 23.4 Å². The summed E-state index contributed by atoms with van der Waals surface area (Å²) < 4.78 is 5.35. The molecule has 6 heteroatoms. The molecular formula is C27H25ClN2O3. The van der Waals surface area contributed by atoms with Gasteiger partial charge in [-0.1, -0.05) is 36.4 Å². The lowest BCUT2D eigenvalue weighted by Gasteiger charge is -2.24. The zero-order chi connectivity index (χ0) is 23.5. The molecule has 1 aliphatic rings. The molecule has 0 fully saturated rings. The Morgan fingerprint density at radius 2 is 1.85 bits per heavy atom. The molecule has 168 valence electrons. The molecule has 0 aliphatic carbocycles. The van der Waals surface area contributed by atoms with Crippen molar-refractivity contribution in [1.82, 2.24) is 0 Å². The van der Waals surface area contributed by atoms with Crippen molar-refractivity contribution in [3.05, 3.63) is 94.5 Å². The summed E-state index contributed by atoms with van der Waals surface area (Å²) in [6, 6.07) is 17.9. The molecule has 3 aromatic carbocycles. The first-order valence-electron chi connectivity index (χ1n) is 10.7. The number of nitrogens with one attached hydrogen (secondary N) is 1. The summed E-state index contributed by atoms with van der Waals surface area (Å²) in [5, 5.41) is 3.13. The topological polar surface area (TPSA) is 58.6 Å². The first-order chi connectivity index (χ1) is 15.9. The molecule has 1 N–H and O–H groups in total. The van der Waals surface area contributed by atoms with Crippen LogP contribution in [0.4, 0.5) is 11.4 Å². The predicted octanol–water partition coefficient (Wildman–Crippen LogP) is 6.36. The summed E-state index contributed by atoms with van der Waals surface area (Å²) in [7, 11) is 1.61. The Hall–Kier alpha value is -3.57. The number of fused-ring (bicyclic) bond motifs is 1. The first-order valence-corrected chi connectivity index (χ1v) is 11.1. The number of methoxy groups -OCH3 is 1. The Morgan fingerprint density at radius 1 is 1.06 bits per heavy atom. The van der Waals surface area contributed by atoms with Crippen molar-refractivity contribution >= 4 is 40.4 Å². The van der Waals surface area contributed by atoms with Crippen LogP contribution in [-0.2, 0) is 0 Å². The second-order valence-electron chi connectivity index (χ2n) is 8.01. The maximum atomic E-state index is 13.5. The first kappa shape index (κ1) is 22.6. The van der Waals surface area contributed by atoms with Crippen molar-refractivity contribution in [3.8, 4) is 5.75 Å². The molecular weight excluding hydrogens is 436 g/mol. The van der Waals surface area contributed by atoms with E-state index >= 15 is 0 Å². The van der Waals surface area contributed by atoms with Gasteiger partial charge in [-0.05, 0) is 73.4 Å². The Morgan fingerprint density at radius 3 is 2.58 bits per heavy atom. The second kappa shape index (κ2) is 9.51. The number of carbonyl (C=O) groups excluding carboxylic acids is 2. The van der Waals surface area contributed by atoms with Crippen molar-refractivity contribution in [3.63, 3.8) is 0 Å². The average Bonchev–Trinajstić information content (AvgIpc) is 2.97. The number of rotatable bonds is 4. The molecule has 0 bridgehead atoms. The SMILES string of the molecule is C=C1CCCN(C(=O)c2ccc(NC(=O)c3ccccc3C)cc2Cl)c2ccc(OC)cc21. The number of hydrogen-bond acceptors (Lipinski definition) is 3. The van der Waals surface area contributed by atoms with E-state index in [-0.39, 0.29) is 16.8 Å². The van der Waals surface area contributed by atoms with Crippen LogP contribution in [0, 0.1) is 6.92 Å². The van der Waals surface area contributed by atoms with E-state index in [4.69, 9.17) is 16.3 Å². The zero-order valence-electron chi connectivity index (χ0n) is 18.7. The highest BCUT2D eigenvalue weighted by atomic mass is 35.5. The number of nitrogens with zero attached hydrogens (tertiary/aromatic N) is 1. The minimum atomic E-state index is -0.225. The smallest absolute Gasteiger partial charge is 0.259 e. The lowest BCUT2D eigenvalue weighted by atomic mass is 10.0. The number of carbonyl (C=O) groups is 2. The molecule has 0 saturated heterocycles. The van der Waals surface area contributed by atoms with Crippen LogP contribution in [-0.4, -0.2) is 25.5 Å². The van der Waals surface area contributed by atoms with Crippen molar-refractivity contribution in [2.24, 2.45) is 0 Å². The van der Waals surface area contributed by atoms with Gasteiger partial charge in [0.1, 0.15) is 5.75 Å². The maximum absolute atomic E-state index is 13.5. The van der Waals surface area contributed by atoms with Gasteiger partial charge in [0.05, 0.1) is 23.4 Å². The highest BCUT2D eigenvalue weighted by molar-refractivity contribution is 6.35. The van der Waals surface area contributed by atoms with Gasteiger partial charge >= 0.3 is 0 Å². The van der Waals surface area contributed by atoms with Crippen LogP contribution in [0.15, 0.2) is 67.2 Å². The number of amides is 2. The molecule has 1 heterocycles. The Kier molecular flexibility index (Phi) is 6.52. The summed E-state index contributed by atoms with van der Waals surface area (Å²) >= 11 is 6.51. The van der Waals surface area contributed by atoms with Gasteiger partial charge in [-0.15, -0.1) is 0 Å². The molecule has 0 unspecified atom stereocenters.